The van der Waals surface area contributed by atoms with Crippen molar-refractivity contribution in [1.29, 1.82) is 0 Å². The van der Waals surface area contributed by atoms with E-state index >= 15 is 0 Å². The van der Waals surface area contributed by atoms with Crippen molar-refractivity contribution in [3.63, 3.8) is 0 Å². The van der Waals surface area contributed by atoms with Gasteiger partial charge in [-0.1, -0.05) is 13.8 Å². The van der Waals surface area contributed by atoms with Gasteiger partial charge in [-0.3, -0.25) is 4.79 Å². The first-order valence-electron chi connectivity index (χ1n) is 9.03. The highest BCUT2D eigenvalue weighted by Crippen LogP contribution is 2.27. The topological polar surface area (TPSA) is 66.5 Å². The van der Waals surface area contributed by atoms with Crippen LogP contribution in [0, 0.1) is 23.5 Å². The lowest BCUT2D eigenvalue weighted by Gasteiger charge is -2.34. The van der Waals surface area contributed by atoms with E-state index in [1.165, 1.54) is 34.6 Å². The van der Waals surface area contributed by atoms with Crippen LogP contribution in [0.1, 0.15) is 30.6 Å². The Kier molecular flexibility index (Phi) is 5.81. The maximum atomic E-state index is 13.3. The number of anilines is 1. The molecule has 1 amide bonds. The Morgan fingerprint density at radius 1 is 1.00 bits per heavy atom. The smallest absolute Gasteiger partial charge is 0.255 e. The molecule has 3 rings (SSSR count). The fraction of sp³-hybridized carbons (Fsp3) is 0.350. The normalized spacial score (nSPS) is 20.7. The number of halogens is 2. The molecule has 1 N–H and O–H groups in total. The molecule has 2 aromatic carbocycles. The van der Waals surface area contributed by atoms with E-state index in [0.29, 0.717) is 24.9 Å². The molecule has 0 radical (unpaired) electrons. The highest BCUT2D eigenvalue weighted by atomic mass is 32.2. The van der Waals surface area contributed by atoms with Crippen molar-refractivity contribution in [2.24, 2.45) is 11.8 Å². The lowest BCUT2D eigenvalue weighted by Crippen LogP contribution is -2.42. The van der Waals surface area contributed by atoms with Gasteiger partial charge >= 0.3 is 0 Å². The van der Waals surface area contributed by atoms with Crippen molar-refractivity contribution in [2.75, 3.05) is 18.4 Å². The van der Waals surface area contributed by atoms with Gasteiger partial charge in [-0.05, 0) is 54.7 Å². The van der Waals surface area contributed by atoms with Crippen LogP contribution in [0.4, 0.5) is 14.5 Å². The molecule has 5 nitrogen and oxygen atoms in total. The molecule has 0 unspecified atom stereocenters. The minimum absolute atomic E-state index is 0.108. The van der Waals surface area contributed by atoms with Crippen LogP contribution >= 0.6 is 0 Å². The quantitative estimate of drug-likeness (QED) is 0.835. The summed E-state index contributed by atoms with van der Waals surface area (Å²) in [5.74, 6) is -2.03. The molecule has 1 aliphatic heterocycles. The van der Waals surface area contributed by atoms with Gasteiger partial charge in [0.15, 0.2) is 11.6 Å². The summed E-state index contributed by atoms with van der Waals surface area (Å²) in [4.78, 5) is 12.4. The number of carbonyl (C=O) groups is 1. The van der Waals surface area contributed by atoms with Gasteiger partial charge in [0.05, 0.1) is 4.90 Å². The largest absolute Gasteiger partial charge is 0.322 e. The maximum absolute atomic E-state index is 13.3. The van der Waals surface area contributed by atoms with Gasteiger partial charge in [0, 0.05) is 30.4 Å². The zero-order valence-corrected chi connectivity index (χ0v) is 16.5. The lowest BCUT2D eigenvalue weighted by atomic mass is 9.94. The van der Waals surface area contributed by atoms with Crippen LogP contribution < -0.4 is 5.32 Å². The summed E-state index contributed by atoms with van der Waals surface area (Å²) in [6, 6.07) is 8.62. The summed E-state index contributed by atoms with van der Waals surface area (Å²) in [6.07, 6.45) is 0.995. The third-order valence-electron chi connectivity index (χ3n) is 4.77. The molecule has 8 heteroatoms. The van der Waals surface area contributed by atoms with Gasteiger partial charge in [-0.2, -0.15) is 4.31 Å². The van der Waals surface area contributed by atoms with Gasteiger partial charge in [0.1, 0.15) is 0 Å². The monoisotopic (exact) mass is 408 g/mol. The van der Waals surface area contributed by atoms with Gasteiger partial charge in [0.25, 0.3) is 5.91 Å². The molecule has 1 fully saturated rings. The average molecular weight is 408 g/mol. The molecule has 1 heterocycles. The van der Waals surface area contributed by atoms with Crippen LogP contribution in [0.25, 0.3) is 0 Å². The van der Waals surface area contributed by atoms with Crippen molar-refractivity contribution < 1.29 is 22.0 Å². The summed E-state index contributed by atoms with van der Waals surface area (Å²) >= 11 is 0. The summed E-state index contributed by atoms with van der Waals surface area (Å²) in [5.41, 5.74) is 0.320. The van der Waals surface area contributed by atoms with E-state index < -0.39 is 27.6 Å². The Morgan fingerprint density at radius 3 is 2.18 bits per heavy atom. The van der Waals surface area contributed by atoms with Crippen LogP contribution in [-0.4, -0.2) is 31.7 Å². The van der Waals surface area contributed by atoms with Gasteiger partial charge < -0.3 is 5.32 Å². The van der Waals surface area contributed by atoms with E-state index in [1.54, 1.807) is 0 Å². The van der Waals surface area contributed by atoms with Crippen LogP contribution in [0.3, 0.4) is 0 Å². The van der Waals surface area contributed by atoms with Gasteiger partial charge in [-0.25, -0.2) is 17.2 Å². The number of nitrogens with zero attached hydrogens (tertiary/aromatic N) is 1. The SMILES string of the molecule is C[C@H]1C[C@H](C)CN(S(=O)(=O)c2ccc(C(=O)Nc3ccc(F)c(F)c3)cc2)C1. The Bertz CT molecular complexity index is 967. The third-order valence-corrected chi connectivity index (χ3v) is 6.61. The van der Waals surface area contributed by atoms with Crippen molar-refractivity contribution >= 4 is 21.6 Å². The van der Waals surface area contributed by atoms with E-state index in [2.05, 4.69) is 5.32 Å². The minimum atomic E-state index is -3.63. The number of nitrogens with one attached hydrogen (secondary N) is 1. The first-order valence-corrected chi connectivity index (χ1v) is 10.5. The predicted octanol–water partition coefficient (Wildman–Crippen LogP) is 3.88. The first kappa shape index (κ1) is 20.4. The Balaban J connectivity index is 1.75. The van der Waals surface area contributed by atoms with E-state index in [4.69, 9.17) is 0 Å². The molecule has 0 spiro atoms. The minimum Gasteiger partial charge on any atom is -0.322 e. The molecule has 0 saturated carbocycles. The van der Waals surface area contributed by atoms with Crippen molar-refractivity contribution in [3.8, 4) is 0 Å². The molecule has 1 saturated heterocycles. The molecule has 0 aromatic heterocycles. The number of carbonyl (C=O) groups excluding carboxylic acids is 1. The summed E-state index contributed by atoms with van der Waals surface area (Å²) in [6.45, 7) is 5.02. The highest BCUT2D eigenvalue weighted by molar-refractivity contribution is 7.89. The molecule has 0 bridgehead atoms. The van der Waals surface area contributed by atoms with Crippen LogP contribution in [0.15, 0.2) is 47.4 Å². The third kappa shape index (κ3) is 4.39. The summed E-state index contributed by atoms with van der Waals surface area (Å²) in [5, 5.41) is 2.45. The number of sulfonamides is 1. The zero-order chi connectivity index (χ0) is 20.5. The molecular formula is C20H22F2N2O3S. The molecule has 2 aromatic rings. The molecule has 1 aliphatic rings. The fourth-order valence-electron chi connectivity index (χ4n) is 3.51. The average Bonchev–Trinajstić information content (AvgIpc) is 2.64. The van der Waals surface area contributed by atoms with E-state index in [9.17, 15) is 22.0 Å². The number of hydrogen-bond acceptors (Lipinski definition) is 3. The highest BCUT2D eigenvalue weighted by Gasteiger charge is 2.31. The Hall–Kier alpha value is -2.32. The number of amides is 1. The second-order valence-corrected chi connectivity index (χ2v) is 9.31. The Labute approximate surface area is 163 Å². The second-order valence-electron chi connectivity index (χ2n) is 7.38. The molecule has 2 atom stereocenters. The maximum Gasteiger partial charge on any atom is 0.255 e. The predicted molar refractivity (Wildman–Crippen MR) is 102 cm³/mol. The second kappa shape index (κ2) is 7.97. The standard InChI is InChI=1S/C20H22F2N2O3S/c1-13-9-14(2)12-24(11-13)28(26,27)17-6-3-15(4-7-17)20(25)23-16-5-8-18(21)19(22)10-16/h3-8,10,13-14H,9,11-12H2,1-2H3,(H,23,25)/t13-,14-/m0/s1. The Morgan fingerprint density at radius 2 is 1.61 bits per heavy atom. The van der Waals surface area contributed by atoms with Gasteiger partial charge in [-0.15, -0.1) is 0 Å². The van der Waals surface area contributed by atoms with Crippen LogP contribution in [0.5, 0.6) is 0 Å². The fourth-order valence-corrected chi connectivity index (χ4v) is 5.19. The van der Waals surface area contributed by atoms with Crippen molar-refractivity contribution in [1.82, 2.24) is 4.31 Å². The molecule has 0 aliphatic carbocycles. The van der Waals surface area contributed by atoms with Crippen molar-refractivity contribution in [2.45, 2.75) is 25.2 Å². The van der Waals surface area contributed by atoms with E-state index in [-0.39, 0.29) is 16.1 Å². The van der Waals surface area contributed by atoms with Gasteiger partial charge in [0.2, 0.25) is 10.0 Å². The van der Waals surface area contributed by atoms with Crippen LogP contribution in [-0.2, 0) is 10.0 Å². The van der Waals surface area contributed by atoms with Crippen molar-refractivity contribution in [3.05, 3.63) is 59.7 Å². The zero-order valence-electron chi connectivity index (χ0n) is 15.7. The molecule has 28 heavy (non-hydrogen) atoms. The van der Waals surface area contributed by atoms with Crippen LogP contribution in [0.2, 0.25) is 0 Å². The lowest BCUT2D eigenvalue weighted by molar-refractivity contribution is 0.102. The first-order chi connectivity index (χ1) is 13.2. The number of piperidine rings is 1. The molecular weight excluding hydrogens is 386 g/mol. The summed E-state index contributed by atoms with van der Waals surface area (Å²) < 4.78 is 53.4. The van der Waals surface area contributed by atoms with E-state index in [0.717, 1.165) is 18.6 Å². The van der Waals surface area contributed by atoms with E-state index in [1.807, 2.05) is 13.8 Å². The number of benzene rings is 2. The molecule has 150 valence electrons. The number of hydrogen-bond donors (Lipinski definition) is 1. The number of rotatable bonds is 4. The summed E-state index contributed by atoms with van der Waals surface area (Å²) in [7, 11) is -3.63.